The molecule has 0 saturated carbocycles. The number of imide groups is 1. The van der Waals surface area contributed by atoms with Crippen molar-refractivity contribution in [1.29, 1.82) is 0 Å². The number of aromatic carboxylic acids is 1. The SMILES string of the molecule is COC(=O)[C@@]1(CC(C)C)N[C@@H](c2cc(OC)c(OC)c(OC)c2)[C@H]2C(=O)N(c3ccc(C(=O)O)cc3)C(=O)[C@H]21. The summed E-state index contributed by atoms with van der Waals surface area (Å²) in [5, 5.41) is 12.6. The lowest BCUT2D eigenvalue weighted by atomic mass is 9.75. The topological polar surface area (TPSA) is 141 Å². The molecule has 2 aromatic carbocycles. The smallest absolute Gasteiger partial charge is 0.335 e. The lowest BCUT2D eigenvalue weighted by Gasteiger charge is -2.34. The predicted octanol–water partition coefficient (Wildman–Crippen LogP) is 2.82. The molecule has 4 rings (SSSR count). The Morgan fingerprint density at radius 1 is 0.974 bits per heavy atom. The van der Waals surface area contributed by atoms with E-state index in [-0.39, 0.29) is 23.6 Å². The van der Waals surface area contributed by atoms with Crippen molar-refractivity contribution in [2.24, 2.45) is 17.8 Å². The number of nitrogens with one attached hydrogen (secondary N) is 1. The van der Waals surface area contributed by atoms with Crippen LogP contribution in [0.25, 0.3) is 0 Å². The van der Waals surface area contributed by atoms with Crippen LogP contribution in [-0.2, 0) is 19.1 Å². The highest BCUT2D eigenvalue weighted by molar-refractivity contribution is 6.24. The maximum atomic E-state index is 14.0. The maximum Gasteiger partial charge on any atom is 0.335 e. The standard InChI is InChI=1S/C28H32N2O9/c1-14(2)13-28(27(35)39-6)21-20(22(29-28)16-11-18(36-3)23(38-5)19(12-16)37-4)24(31)30(25(21)32)17-9-7-15(8-10-17)26(33)34/h7-12,14,20-22,29H,13H2,1-6H3,(H,33,34)/t20-,21-,22-,28-/m0/s1. The third kappa shape index (κ3) is 4.46. The van der Waals surface area contributed by atoms with E-state index in [4.69, 9.17) is 18.9 Å². The monoisotopic (exact) mass is 540 g/mol. The van der Waals surface area contributed by atoms with Crippen LogP contribution >= 0.6 is 0 Å². The zero-order valence-corrected chi connectivity index (χ0v) is 22.6. The van der Waals surface area contributed by atoms with Crippen LogP contribution in [0.15, 0.2) is 36.4 Å². The first-order valence-corrected chi connectivity index (χ1v) is 12.4. The number of fused-ring (bicyclic) bond motifs is 1. The summed E-state index contributed by atoms with van der Waals surface area (Å²) >= 11 is 0. The zero-order chi connectivity index (χ0) is 28.6. The molecule has 2 amide bonds. The van der Waals surface area contributed by atoms with E-state index >= 15 is 0 Å². The Morgan fingerprint density at radius 3 is 2.03 bits per heavy atom. The Balaban J connectivity index is 1.91. The van der Waals surface area contributed by atoms with Crippen molar-refractivity contribution in [3.63, 3.8) is 0 Å². The number of rotatable bonds is 9. The summed E-state index contributed by atoms with van der Waals surface area (Å²) in [6.07, 6.45) is 0.229. The predicted molar refractivity (Wildman–Crippen MR) is 139 cm³/mol. The molecule has 0 aromatic heterocycles. The zero-order valence-electron chi connectivity index (χ0n) is 22.6. The minimum absolute atomic E-state index is 0.0127. The van der Waals surface area contributed by atoms with Crippen LogP contribution in [0.5, 0.6) is 17.2 Å². The van der Waals surface area contributed by atoms with E-state index in [1.54, 1.807) is 12.1 Å². The average molecular weight is 541 g/mol. The highest BCUT2D eigenvalue weighted by atomic mass is 16.5. The summed E-state index contributed by atoms with van der Waals surface area (Å²) in [5.41, 5.74) is -0.713. The summed E-state index contributed by atoms with van der Waals surface area (Å²) in [5.74, 6) is -3.91. The van der Waals surface area contributed by atoms with Crippen LogP contribution in [0.4, 0.5) is 5.69 Å². The van der Waals surface area contributed by atoms with Gasteiger partial charge in [-0.05, 0) is 54.3 Å². The molecule has 2 aromatic rings. The largest absolute Gasteiger partial charge is 0.493 e. The fourth-order valence-corrected chi connectivity index (χ4v) is 5.86. The highest BCUT2D eigenvalue weighted by Crippen LogP contribution is 2.53. The van der Waals surface area contributed by atoms with E-state index < -0.39 is 47.2 Å². The van der Waals surface area contributed by atoms with Crippen LogP contribution < -0.4 is 24.4 Å². The number of amides is 2. The Hall–Kier alpha value is -4.12. The maximum absolute atomic E-state index is 14.0. The first-order valence-electron chi connectivity index (χ1n) is 12.4. The van der Waals surface area contributed by atoms with Gasteiger partial charge in [-0.3, -0.25) is 19.7 Å². The number of hydrogen-bond acceptors (Lipinski definition) is 9. The van der Waals surface area contributed by atoms with Crippen LogP contribution in [0.3, 0.4) is 0 Å². The number of anilines is 1. The number of carboxylic acid groups (broad SMARTS) is 1. The molecule has 2 aliphatic heterocycles. The second kappa shape index (κ2) is 10.6. The van der Waals surface area contributed by atoms with Gasteiger partial charge in [-0.15, -0.1) is 0 Å². The number of hydrogen-bond donors (Lipinski definition) is 2. The average Bonchev–Trinajstić information content (AvgIpc) is 3.40. The molecule has 11 heteroatoms. The summed E-state index contributed by atoms with van der Waals surface area (Å²) in [6.45, 7) is 3.83. The van der Waals surface area contributed by atoms with E-state index in [2.05, 4.69) is 5.32 Å². The van der Waals surface area contributed by atoms with Gasteiger partial charge in [0.15, 0.2) is 11.5 Å². The molecule has 2 saturated heterocycles. The lowest BCUT2D eigenvalue weighted by molar-refractivity contribution is -0.153. The Morgan fingerprint density at radius 2 is 1.56 bits per heavy atom. The summed E-state index contributed by atoms with van der Waals surface area (Å²) in [6, 6.07) is 8.03. The molecule has 2 heterocycles. The van der Waals surface area contributed by atoms with Crippen LogP contribution in [0.2, 0.25) is 0 Å². The molecular weight excluding hydrogens is 508 g/mol. The molecule has 2 fully saturated rings. The number of carbonyl (C=O) groups excluding carboxylic acids is 3. The molecule has 2 N–H and O–H groups in total. The molecule has 4 atom stereocenters. The Kier molecular flexibility index (Phi) is 7.56. The van der Waals surface area contributed by atoms with E-state index in [1.807, 2.05) is 13.8 Å². The number of carbonyl (C=O) groups is 4. The highest BCUT2D eigenvalue weighted by Gasteiger charge is 2.69. The van der Waals surface area contributed by atoms with E-state index in [9.17, 15) is 24.3 Å². The number of carboxylic acids is 1. The van der Waals surface area contributed by atoms with Crippen molar-refractivity contribution in [3.8, 4) is 17.2 Å². The van der Waals surface area contributed by atoms with E-state index in [1.165, 1.54) is 52.7 Å². The second-order valence-electron chi connectivity index (χ2n) is 10.0. The lowest BCUT2D eigenvalue weighted by Crippen LogP contribution is -2.57. The van der Waals surface area contributed by atoms with Gasteiger partial charge in [0.1, 0.15) is 5.54 Å². The van der Waals surface area contributed by atoms with Gasteiger partial charge in [-0.2, -0.15) is 0 Å². The quantitative estimate of drug-likeness (QED) is 0.360. The van der Waals surface area contributed by atoms with Crippen molar-refractivity contribution in [2.45, 2.75) is 31.8 Å². The molecule has 0 unspecified atom stereocenters. The minimum Gasteiger partial charge on any atom is -0.493 e. The third-order valence-corrected chi connectivity index (χ3v) is 7.35. The van der Waals surface area contributed by atoms with E-state index in [0.29, 0.717) is 22.8 Å². The van der Waals surface area contributed by atoms with Crippen LogP contribution in [0.1, 0.15) is 42.2 Å². The van der Waals surface area contributed by atoms with Gasteiger partial charge in [0.25, 0.3) is 0 Å². The molecule has 0 spiro atoms. The molecular formula is C28H32N2O9. The van der Waals surface area contributed by atoms with Gasteiger partial charge in [-0.25, -0.2) is 9.69 Å². The molecule has 0 aliphatic carbocycles. The number of benzene rings is 2. The van der Waals surface area contributed by atoms with Crippen LogP contribution in [-0.4, -0.2) is 62.8 Å². The molecule has 39 heavy (non-hydrogen) atoms. The van der Waals surface area contributed by atoms with E-state index in [0.717, 1.165) is 4.90 Å². The first-order chi connectivity index (χ1) is 18.5. The van der Waals surface area contributed by atoms with Crippen molar-refractivity contribution in [1.82, 2.24) is 5.32 Å². The fraction of sp³-hybridized carbons (Fsp3) is 0.429. The van der Waals surface area contributed by atoms with Gasteiger partial charge in [0.05, 0.1) is 51.5 Å². The number of nitrogens with zero attached hydrogens (tertiary/aromatic N) is 1. The number of esters is 1. The minimum atomic E-state index is -1.50. The van der Waals surface area contributed by atoms with Gasteiger partial charge in [-0.1, -0.05) is 13.8 Å². The van der Waals surface area contributed by atoms with Crippen molar-refractivity contribution in [2.75, 3.05) is 33.3 Å². The van der Waals surface area contributed by atoms with Crippen molar-refractivity contribution in [3.05, 3.63) is 47.5 Å². The summed E-state index contributed by atoms with van der Waals surface area (Å²) < 4.78 is 21.7. The summed E-state index contributed by atoms with van der Waals surface area (Å²) in [7, 11) is 5.66. The number of ether oxygens (including phenoxy) is 4. The molecule has 2 aliphatic rings. The normalized spacial score (nSPS) is 24.1. The Labute approximate surface area is 226 Å². The first kappa shape index (κ1) is 27.9. The Bertz CT molecular complexity index is 1280. The van der Waals surface area contributed by atoms with Crippen molar-refractivity contribution < 1.29 is 43.2 Å². The molecule has 0 radical (unpaired) electrons. The summed E-state index contributed by atoms with van der Waals surface area (Å²) in [4.78, 5) is 53.9. The molecule has 11 nitrogen and oxygen atoms in total. The molecule has 0 bridgehead atoms. The van der Waals surface area contributed by atoms with Gasteiger partial charge in [0, 0.05) is 6.04 Å². The van der Waals surface area contributed by atoms with Gasteiger partial charge >= 0.3 is 11.9 Å². The third-order valence-electron chi connectivity index (χ3n) is 7.35. The molecule has 208 valence electrons. The van der Waals surface area contributed by atoms with Gasteiger partial charge < -0.3 is 24.1 Å². The van der Waals surface area contributed by atoms with Gasteiger partial charge in [0.2, 0.25) is 17.6 Å². The fourth-order valence-electron chi connectivity index (χ4n) is 5.86. The van der Waals surface area contributed by atoms with Crippen LogP contribution in [0, 0.1) is 17.8 Å². The van der Waals surface area contributed by atoms with Crippen molar-refractivity contribution >= 4 is 29.4 Å². The second-order valence-corrected chi connectivity index (χ2v) is 10.0. The number of methoxy groups -OCH3 is 4.